The summed E-state index contributed by atoms with van der Waals surface area (Å²) in [5.74, 6) is -0.0380. The molecule has 5 heteroatoms. The Kier molecular flexibility index (Phi) is 3.87. The lowest BCUT2D eigenvalue weighted by molar-refractivity contribution is -0.142. The first kappa shape index (κ1) is 15.4. The van der Waals surface area contributed by atoms with E-state index in [9.17, 15) is 9.18 Å². The zero-order chi connectivity index (χ0) is 16.6. The van der Waals surface area contributed by atoms with Crippen LogP contribution in [0, 0.1) is 5.82 Å². The van der Waals surface area contributed by atoms with Gasteiger partial charge in [-0.05, 0) is 43.4 Å². The Morgan fingerprint density at radius 3 is 2.62 bits per heavy atom. The van der Waals surface area contributed by atoms with E-state index in [-0.39, 0.29) is 11.7 Å². The van der Waals surface area contributed by atoms with Crippen molar-refractivity contribution in [3.8, 4) is 0 Å². The number of nitrogens with zero attached hydrogens (tertiary/aromatic N) is 3. The second kappa shape index (κ2) is 6.04. The fraction of sp³-hybridized carbons (Fsp3) is 0.474. The van der Waals surface area contributed by atoms with E-state index in [1.54, 1.807) is 18.3 Å². The number of likely N-dealkylation sites (tertiary alicyclic amines) is 1. The fourth-order valence-electron chi connectivity index (χ4n) is 4.10. The lowest BCUT2D eigenvalue weighted by Gasteiger charge is -2.46. The molecule has 0 bridgehead atoms. The lowest BCUT2D eigenvalue weighted by atomic mass is 9.63. The maximum Gasteiger partial charge on any atom is 0.233 e. The van der Waals surface area contributed by atoms with Crippen molar-refractivity contribution < 1.29 is 9.18 Å². The maximum atomic E-state index is 13.3. The molecule has 4 rings (SSSR count). The quantitative estimate of drug-likeness (QED) is 0.867. The van der Waals surface area contributed by atoms with Gasteiger partial charge in [-0.2, -0.15) is 0 Å². The molecule has 0 N–H and O–H groups in total. The van der Waals surface area contributed by atoms with Gasteiger partial charge in [-0.25, -0.2) is 9.37 Å². The van der Waals surface area contributed by atoms with Gasteiger partial charge in [0.1, 0.15) is 5.82 Å². The van der Waals surface area contributed by atoms with Crippen molar-refractivity contribution >= 4 is 5.91 Å². The van der Waals surface area contributed by atoms with E-state index in [4.69, 9.17) is 0 Å². The molecule has 1 aromatic heterocycles. The molecule has 2 heterocycles. The van der Waals surface area contributed by atoms with Crippen molar-refractivity contribution in [3.05, 3.63) is 54.4 Å². The minimum atomic E-state index is -0.440. The molecule has 1 amide bonds. The van der Waals surface area contributed by atoms with Crippen molar-refractivity contribution in [1.82, 2.24) is 14.5 Å². The summed E-state index contributed by atoms with van der Waals surface area (Å²) >= 11 is 0. The smallest absolute Gasteiger partial charge is 0.233 e. The van der Waals surface area contributed by atoms with Crippen LogP contribution in [0.4, 0.5) is 4.39 Å². The number of benzene rings is 1. The molecule has 24 heavy (non-hydrogen) atoms. The monoisotopic (exact) mass is 327 g/mol. The minimum absolute atomic E-state index is 0.213. The van der Waals surface area contributed by atoms with E-state index in [1.807, 2.05) is 17.4 Å². The summed E-state index contributed by atoms with van der Waals surface area (Å²) in [6.45, 7) is 1.55. The van der Waals surface area contributed by atoms with Gasteiger partial charge in [0.05, 0.1) is 17.8 Å². The topological polar surface area (TPSA) is 38.1 Å². The average molecular weight is 327 g/mol. The normalized spacial score (nSPS) is 22.9. The molecule has 2 aliphatic rings. The predicted molar refractivity (Wildman–Crippen MR) is 89.0 cm³/mol. The molecule has 1 unspecified atom stereocenters. The summed E-state index contributed by atoms with van der Waals surface area (Å²) in [6.07, 6.45) is 10.5. The highest BCUT2D eigenvalue weighted by Gasteiger charge is 2.48. The highest BCUT2D eigenvalue weighted by atomic mass is 19.1. The van der Waals surface area contributed by atoms with Gasteiger partial charge in [0.15, 0.2) is 0 Å². The van der Waals surface area contributed by atoms with Gasteiger partial charge in [0, 0.05) is 25.5 Å². The average Bonchev–Trinajstić information content (AvgIpc) is 3.10. The molecular formula is C19H22FN3O. The molecule has 1 saturated carbocycles. The highest BCUT2D eigenvalue weighted by molar-refractivity contribution is 5.89. The Bertz CT molecular complexity index is 707. The van der Waals surface area contributed by atoms with E-state index in [0.29, 0.717) is 6.04 Å². The van der Waals surface area contributed by atoms with Crippen LogP contribution in [0.1, 0.15) is 43.7 Å². The maximum absolute atomic E-state index is 13.3. The molecule has 4 nitrogen and oxygen atoms in total. The molecule has 1 saturated heterocycles. The van der Waals surface area contributed by atoms with Gasteiger partial charge in [0.25, 0.3) is 0 Å². The standard InChI is InChI=1S/C19H22FN3O/c20-16-6-4-15(5-7-16)19(8-2-9-19)18(24)22-11-1-3-17(13-22)23-12-10-21-14-23/h4-7,10,12,14,17H,1-3,8-9,11,13H2. The number of hydrogen-bond donors (Lipinski definition) is 0. The number of rotatable bonds is 3. The second-order valence-corrected chi connectivity index (χ2v) is 7.00. The summed E-state index contributed by atoms with van der Waals surface area (Å²) in [4.78, 5) is 19.4. The summed E-state index contributed by atoms with van der Waals surface area (Å²) < 4.78 is 15.4. The molecule has 1 aliphatic carbocycles. The van der Waals surface area contributed by atoms with E-state index in [0.717, 1.165) is 50.8 Å². The van der Waals surface area contributed by atoms with Crippen LogP contribution >= 0.6 is 0 Å². The molecule has 126 valence electrons. The Hall–Kier alpha value is -2.17. The van der Waals surface area contributed by atoms with Crippen LogP contribution in [0.5, 0.6) is 0 Å². The van der Waals surface area contributed by atoms with E-state index in [2.05, 4.69) is 9.55 Å². The van der Waals surface area contributed by atoms with Crippen LogP contribution in [0.3, 0.4) is 0 Å². The summed E-state index contributed by atoms with van der Waals surface area (Å²) in [6, 6.07) is 6.80. The Morgan fingerprint density at radius 1 is 1.21 bits per heavy atom. The highest BCUT2D eigenvalue weighted by Crippen LogP contribution is 2.45. The number of carbonyl (C=O) groups excluding carboxylic acids is 1. The number of imidazole rings is 1. The van der Waals surface area contributed by atoms with E-state index < -0.39 is 5.41 Å². The Morgan fingerprint density at radius 2 is 2.00 bits per heavy atom. The molecule has 2 aromatic rings. The van der Waals surface area contributed by atoms with Crippen LogP contribution < -0.4 is 0 Å². The van der Waals surface area contributed by atoms with Crippen molar-refractivity contribution in [2.75, 3.05) is 13.1 Å². The van der Waals surface area contributed by atoms with Gasteiger partial charge >= 0.3 is 0 Å². The zero-order valence-corrected chi connectivity index (χ0v) is 13.7. The van der Waals surface area contributed by atoms with Crippen LogP contribution in [-0.4, -0.2) is 33.4 Å². The number of hydrogen-bond acceptors (Lipinski definition) is 2. The first-order valence-electron chi connectivity index (χ1n) is 8.72. The third-order valence-corrected chi connectivity index (χ3v) is 5.64. The number of piperidine rings is 1. The fourth-order valence-corrected chi connectivity index (χ4v) is 4.10. The van der Waals surface area contributed by atoms with E-state index >= 15 is 0 Å². The predicted octanol–water partition coefficient (Wildman–Crippen LogP) is 3.31. The molecular weight excluding hydrogens is 305 g/mol. The molecule has 1 atom stereocenters. The van der Waals surface area contributed by atoms with Crippen LogP contribution in [0.25, 0.3) is 0 Å². The first-order chi connectivity index (χ1) is 11.7. The molecule has 0 spiro atoms. The minimum Gasteiger partial charge on any atom is -0.340 e. The zero-order valence-electron chi connectivity index (χ0n) is 13.7. The van der Waals surface area contributed by atoms with Crippen molar-refractivity contribution in [2.45, 2.75) is 43.6 Å². The number of halogens is 1. The molecule has 2 fully saturated rings. The van der Waals surface area contributed by atoms with Crippen LogP contribution in [0.2, 0.25) is 0 Å². The second-order valence-electron chi connectivity index (χ2n) is 7.00. The van der Waals surface area contributed by atoms with Gasteiger partial charge in [-0.1, -0.05) is 18.6 Å². The first-order valence-corrected chi connectivity index (χ1v) is 8.72. The van der Waals surface area contributed by atoms with Gasteiger partial charge in [-0.15, -0.1) is 0 Å². The van der Waals surface area contributed by atoms with E-state index in [1.165, 1.54) is 12.1 Å². The molecule has 1 aromatic carbocycles. The Labute approximate surface area is 141 Å². The summed E-state index contributed by atoms with van der Waals surface area (Å²) in [5, 5.41) is 0. The van der Waals surface area contributed by atoms with Gasteiger partial charge < -0.3 is 9.47 Å². The van der Waals surface area contributed by atoms with Gasteiger partial charge in [0.2, 0.25) is 5.91 Å². The van der Waals surface area contributed by atoms with Crippen molar-refractivity contribution in [1.29, 1.82) is 0 Å². The number of aromatic nitrogens is 2. The largest absolute Gasteiger partial charge is 0.340 e. The van der Waals surface area contributed by atoms with Crippen molar-refractivity contribution in [3.63, 3.8) is 0 Å². The van der Waals surface area contributed by atoms with Crippen molar-refractivity contribution in [2.24, 2.45) is 0 Å². The SMILES string of the molecule is O=C(N1CCCC(n2ccnc2)C1)C1(c2ccc(F)cc2)CCC1. The third-order valence-electron chi connectivity index (χ3n) is 5.64. The molecule has 1 aliphatic heterocycles. The van der Waals surface area contributed by atoms with Gasteiger partial charge in [-0.3, -0.25) is 4.79 Å². The molecule has 0 radical (unpaired) electrons. The lowest BCUT2D eigenvalue weighted by Crippen LogP contribution is -2.53. The Balaban J connectivity index is 1.56. The summed E-state index contributed by atoms with van der Waals surface area (Å²) in [7, 11) is 0. The van der Waals surface area contributed by atoms with Crippen LogP contribution in [0.15, 0.2) is 43.0 Å². The number of carbonyl (C=O) groups is 1. The summed E-state index contributed by atoms with van der Waals surface area (Å²) in [5.41, 5.74) is 0.523. The number of amides is 1. The third kappa shape index (κ3) is 2.52. The van der Waals surface area contributed by atoms with Crippen LogP contribution in [-0.2, 0) is 10.2 Å².